The second-order valence-electron chi connectivity index (χ2n) is 8.28. The van der Waals surface area contributed by atoms with Gasteiger partial charge in [0.1, 0.15) is 11.4 Å². The molecule has 1 atom stereocenters. The molecule has 4 rings (SSSR count). The van der Waals surface area contributed by atoms with Crippen LogP contribution in [-0.2, 0) is 28.8 Å². The third-order valence-electron chi connectivity index (χ3n) is 5.36. The molecule has 0 spiro atoms. The first-order chi connectivity index (χ1) is 16.0. The van der Waals surface area contributed by atoms with Gasteiger partial charge in [-0.1, -0.05) is 18.2 Å². The van der Waals surface area contributed by atoms with E-state index in [-0.39, 0.29) is 30.8 Å². The fourth-order valence-corrected chi connectivity index (χ4v) is 4.03. The fraction of sp³-hybridized carbons (Fsp3) is 0.304. The molecule has 180 valence electrons. The second-order valence-corrected chi connectivity index (χ2v) is 10.7. The van der Waals surface area contributed by atoms with E-state index in [1.54, 1.807) is 17.0 Å². The number of nitrogens with one attached hydrogen (secondary N) is 1. The largest absolute Gasteiger partial charge is 0.416 e. The molecule has 1 aliphatic carbocycles. The van der Waals surface area contributed by atoms with Crippen LogP contribution in [0, 0.1) is 5.82 Å². The summed E-state index contributed by atoms with van der Waals surface area (Å²) in [5, 5.41) is 3.31. The summed E-state index contributed by atoms with van der Waals surface area (Å²) in [4.78, 5) is 14.0. The number of alkyl halides is 3. The molecule has 1 saturated carbocycles. The minimum Gasteiger partial charge on any atom is -0.363 e. The van der Waals surface area contributed by atoms with E-state index >= 15 is 4.39 Å². The SMILES string of the molecule is C=S(C)(=O)c1ccc(CNc2ncnc(N(Cc3ccc(C(F)(F)F)cc3)C3CC3)c2F)cn1. The van der Waals surface area contributed by atoms with Crippen molar-refractivity contribution >= 4 is 27.0 Å². The highest BCUT2D eigenvalue weighted by Gasteiger charge is 2.33. The molecule has 11 heteroatoms. The van der Waals surface area contributed by atoms with Gasteiger partial charge in [-0.3, -0.25) is 4.21 Å². The number of rotatable bonds is 8. The normalized spacial score (nSPS) is 15.6. The van der Waals surface area contributed by atoms with Gasteiger partial charge in [0.2, 0.25) is 5.82 Å². The highest BCUT2D eigenvalue weighted by Crippen LogP contribution is 2.35. The smallest absolute Gasteiger partial charge is 0.363 e. The van der Waals surface area contributed by atoms with Crippen LogP contribution in [0.1, 0.15) is 29.5 Å². The topological polar surface area (TPSA) is 71.0 Å². The van der Waals surface area contributed by atoms with E-state index in [1.165, 1.54) is 30.9 Å². The average Bonchev–Trinajstić information content (AvgIpc) is 3.62. The molecule has 0 bridgehead atoms. The molecule has 1 aliphatic rings. The van der Waals surface area contributed by atoms with Gasteiger partial charge in [-0.15, -0.1) is 0 Å². The van der Waals surface area contributed by atoms with Crippen molar-refractivity contribution in [2.75, 3.05) is 16.5 Å². The van der Waals surface area contributed by atoms with E-state index in [1.807, 2.05) is 0 Å². The van der Waals surface area contributed by atoms with Gasteiger partial charge < -0.3 is 10.2 Å². The minimum absolute atomic E-state index is 0.00333. The first-order valence-corrected chi connectivity index (χ1v) is 12.6. The Labute approximate surface area is 195 Å². The highest BCUT2D eigenvalue weighted by atomic mass is 32.2. The second kappa shape index (κ2) is 9.21. The fourth-order valence-electron chi connectivity index (χ4n) is 3.40. The molecular weight excluding hydrogens is 470 g/mol. The highest BCUT2D eigenvalue weighted by molar-refractivity contribution is 7.99. The number of hydrogen-bond donors (Lipinski definition) is 1. The minimum atomic E-state index is -4.41. The van der Waals surface area contributed by atoms with E-state index < -0.39 is 27.1 Å². The number of hydrogen-bond acceptors (Lipinski definition) is 6. The number of nitrogens with zero attached hydrogens (tertiary/aromatic N) is 4. The Balaban J connectivity index is 1.50. The van der Waals surface area contributed by atoms with Crippen molar-refractivity contribution < 1.29 is 21.8 Å². The molecule has 3 aromatic rings. The van der Waals surface area contributed by atoms with E-state index in [0.29, 0.717) is 10.6 Å². The molecule has 6 nitrogen and oxygen atoms in total. The molecule has 2 aromatic heterocycles. The Kier molecular flexibility index (Phi) is 6.48. The number of halogens is 4. The monoisotopic (exact) mass is 493 g/mol. The third kappa shape index (κ3) is 5.64. The Bertz CT molecular complexity index is 1260. The van der Waals surface area contributed by atoms with Gasteiger partial charge in [0.15, 0.2) is 11.6 Å². The van der Waals surface area contributed by atoms with Crippen molar-refractivity contribution in [3.63, 3.8) is 0 Å². The lowest BCUT2D eigenvalue weighted by molar-refractivity contribution is -0.137. The zero-order chi connectivity index (χ0) is 24.5. The summed E-state index contributed by atoms with van der Waals surface area (Å²) in [5.74, 6) is 3.05. The lowest BCUT2D eigenvalue weighted by Gasteiger charge is -2.24. The van der Waals surface area contributed by atoms with Crippen LogP contribution in [0.15, 0.2) is 53.9 Å². The predicted molar refractivity (Wildman–Crippen MR) is 124 cm³/mol. The lowest BCUT2D eigenvalue weighted by atomic mass is 10.1. The van der Waals surface area contributed by atoms with Crippen LogP contribution >= 0.6 is 0 Å². The maximum atomic E-state index is 15.3. The predicted octanol–water partition coefficient (Wildman–Crippen LogP) is 4.52. The van der Waals surface area contributed by atoms with Crippen LogP contribution in [0.25, 0.3) is 0 Å². The first kappa shape index (κ1) is 23.9. The molecule has 1 aromatic carbocycles. The summed E-state index contributed by atoms with van der Waals surface area (Å²) in [6.45, 7) is 0.452. The van der Waals surface area contributed by atoms with Crippen LogP contribution in [-0.4, -0.2) is 37.3 Å². The van der Waals surface area contributed by atoms with Crippen molar-refractivity contribution in [2.45, 2.75) is 43.2 Å². The van der Waals surface area contributed by atoms with Gasteiger partial charge >= 0.3 is 6.18 Å². The molecule has 1 fully saturated rings. The summed E-state index contributed by atoms with van der Waals surface area (Å²) >= 11 is 0. The molecule has 0 aliphatic heterocycles. The Hall–Kier alpha value is -3.21. The van der Waals surface area contributed by atoms with Crippen molar-refractivity contribution in [2.24, 2.45) is 0 Å². The van der Waals surface area contributed by atoms with E-state index in [2.05, 4.69) is 26.1 Å². The molecule has 1 unspecified atom stereocenters. The zero-order valence-corrected chi connectivity index (χ0v) is 19.2. The van der Waals surface area contributed by atoms with Crippen LogP contribution < -0.4 is 10.2 Å². The van der Waals surface area contributed by atoms with Gasteiger partial charge in [0, 0.05) is 41.1 Å². The molecule has 0 saturated heterocycles. The van der Waals surface area contributed by atoms with Crippen LogP contribution in [0.2, 0.25) is 0 Å². The Morgan fingerprint density at radius 3 is 2.32 bits per heavy atom. The van der Waals surface area contributed by atoms with Gasteiger partial charge in [-0.2, -0.15) is 17.6 Å². The van der Waals surface area contributed by atoms with Crippen molar-refractivity contribution in [1.29, 1.82) is 0 Å². The van der Waals surface area contributed by atoms with Crippen molar-refractivity contribution in [3.8, 4) is 0 Å². The number of aromatic nitrogens is 3. The van der Waals surface area contributed by atoms with Crippen molar-refractivity contribution in [1.82, 2.24) is 15.0 Å². The summed E-state index contributed by atoms with van der Waals surface area (Å²) in [5.41, 5.74) is 0.625. The molecule has 34 heavy (non-hydrogen) atoms. The Morgan fingerprint density at radius 2 is 1.76 bits per heavy atom. The van der Waals surface area contributed by atoms with Gasteiger partial charge in [-0.25, -0.2) is 15.0 Å². The third-order valence-corrected chi connectivity index (χ3v) is 6.49. The maximum Gasteiger partial charge on any atom is 0.416 e. The van der Waals surface area contributed by atoms with Gasteiger partial charge in [0.05, 0.1) is 5.56 Å². The summed E-state index contributed by atoms with van der Waals surface area (Å²) in [6, 6.07) is 8.24. The zero-order valence-electron chi connectivity index (χ0n) is 18.3. The Morgan fingerprint density at radius 1 is 1.09 bits per heavy atom. The van der Waals surface area contributed by atoms with Gasteiger partial charge in [0.25, 0.3) is 0 Å². The summed E-state index contributed by atoms with van der Waals surface area (Å²) < 4.78 is 65.8. The summed E-state index contributed by atoms with van der Waals surface area (Å²) in [7, 11) is -2.42. The number of pyridine rings is 1. The first-order valence-electron chi connectivity index (χ1n) is 10.5. The lowest BCUT2D eigenvalue weighted by Crippen LogP contribution is -2.27. The molecule has 2 heterocycles. The molecule has 0 amide bonds. The standard InChI is InChI=1S/C23H23F4N5OS/c1-34(2,33)19-10-5-16(11-28-19)12-29-21-20(24)22(31-14-30-21)32(18-8-9-18)13-15-3-6-17(7-4-15)23(25,26)27/h3-7,10-11,14,18H,1,8-9,12-13H2,2H3,(H,29,30,31). The average molecular weight is 494 g/mol. The van der Waals surface area contributed by atoms with Crippen LogP contribution in [0.5, 0.6) is 0 Å². The molecule has 1 N–H and O–H groups in total. The number of benzene rings is 1. The van der Waals surface area contributed by atoms with Crippen LogP contribution in [0.3, 0.4) is 0 Å². The van der Waals surface area contributed by atoms with E-state index in [0.717, 1.165) is 30.5 Å². The summed E-state index contributed by atoms with van der Waals surface area (Å²) in [6.07, 6.45) is 1.57. The molecular formula is C23H23F4N5OS. The van der Waals surface area contributed by atoms with E-state index in [4.69, 9.17) is 0 Å². The van der Waals surface area contributed by atoms with Crippen molar-refractivity contribution in [3.05, 3.63) is 71.4 Å². The molecule has 0 radical (unpaired) electrons. The number of anilines is 2. The maximum absolute atomic E-state index is 15.3. The van der Waals surface area contributed by atoms with E-state index in [9.17, 15) is 17.4 Å². The van der Waals surface area contributed by atoms with Gasteiger partial charge in [-0.05, 0) is 48.0 Å². The van der Waals surface area contributed by atoms with Crippen LogP contribution in [0.4, 0.5) is 29.2 Å². The quantitative estimate of drug-likeness (QED) is 0.368.